The van der Waals surface area contributed by atoms with Crippen molar-refractivity contribution in [3.8, 4) is 0 Å². The van der Waals surface area contributed by atoms with Gasteiger partial charge in [0.25, 0.3) is 0 Å². The molecule has 1 heterocycles. The van der Waals surface area contributed by atoms with Crippen molar-refractivity contribution in [3.05, 3.63) is 56.4 Å². The number of aromatic nitrogens is 2. The van der Waals surface area contributed by atoms with Crippen LogP contribution < -0.4 is 26.1 Å². The van der Waals surface area contributed by atoms with Crippen molar-refractivity contribution >= 4 is 34.0 Å². The minimum atomic E-state index is -0.0543. The summed E-state index contributed by atoms with van der Waals surface area (Å²) in [6, 6.07) is 10.0. The Balaban J connectivity index is 2.24. The van der Waals surface area contributed by atoms with Crippen molar-refractivity contribution in [1.82, 2.24) is 9.97 Å². The van der Waals surface area contributed by atoms with Gasteiger partial charge in [-0.15, -0.1) is 0 Å². The van der Waals surface area contributed by atoms with Gasteiger partial charge < -0.3 is 0 Å². The Morgan fingerprint density at radius 2 is 1.91 bits per heavy atom. The van der Waals surface area contributed by atoms with Gasteiger partial charge in [-0.05, 0) is 0 Å². The molecule has 5 heteroatoms. The van der Waals surface area contributed by atoms with Crippen LogP contribution in [0.2, 0.25) is 5.02 Å². The van der Waals surface area contributed by atoms with Gasteiger partial charge in [0.1, 0.15) is 0 Å². The number of nitrogens with zero attached hydrogens (tertiary/aromatic N) is 3. The molecule has 0 atom stereocenters. The van der Waals surface area contributed by atoms with Gasteiger partial charge in [-0.3, -0.25) is 0 Å². The molecule has 0 unspecified atom stereocenters. The van der Waals surface area contributed by atoms with E-state index >= 15 is 0 Å². The van der Waals surface area contributed by atoms with E-state index in [2.05, 4.69) is 39.7 Å². The third-order valence-corrected chi connectivity index (χ3v) is 6.69. The van der Waals surface area contributed by atoms with Crippen LogP contribution in [0.3, 0.4) is 0 Å². The van der Waals surface area contributed by atoms with Gasteiger partial charge in [0.05, 0.1) is 0 Å². The number of rotatable bonds is 3. The molecule has 120 valence electrons. The van der Waals surface area contributed by atoms with Crippen LogP contribution in [-0.2, 0) is 0 Å². The van der Waals surface area contributed by atoms with E-state index in [-0.39, 0.29) is 21.2 Å². The summed E-state index contributed by atoms with van der Waals surface area (Å²) in [6.07, 6.45) is 1.66. The first-order valence-electron chi connectivity index (χ1n) is 7.26. The van der Waals surface area contributed by atoms with E-state index in [1.807, 2.05) is 31.3 Å². The molecule has 2 aromatic carbocycles. The number of anilines is 2. The van der Waals surface area contributed by atoms with Crippen LogP contribution in [0.5, 0.6) is 0 Å². The number of benzene rings is 2. The first kappa shape index (κ1) is 16.5. The number of hydrogen-bond acceptors (Lipinski definition) is 3. The van der Waals surface area contributed by atoms with Gasteiger partial charge in [0.15, 0.2) is 0 Å². The third kappa shape index (κ3) is 3.02. The van der Waals surface area contributed by atoms with Gasteiger partial charge in [-0.25, -0.2) is 0 Å². The molecule has 0 radical (unpaired) electrons. The Hall–Kier alpha value is -1.40. The molecule has 0 amide bonds. The summed E-state index contributed by atoms with van der Waals surface area (Å²) in [5.74, 6) is 0.916. The number of hydrogen-bond donors (Lipinski definition) is 0. The number of aryl methyl sites for hydroxylation is 1. The summed E-state index contributed by atoms with van der Waals surface area (Å²) in [5.41, 5.74) is 4.76. The number of alkyl halides is 1. The fourth-order valence-electron chi connectivity index (χ4n) is 2.68. The van der Waals surface area contributed by atoms with Crippen molar-refractivity contribution in [3.63, 3.8) is 0 Å². The second-order valence-corrected chi connectivity index (χ2v) is 8.05. The summed E-state index contributed by atoms with van der Waals surface area (Å²) in [5, 5.41) is 1.83. The summed E-state index contributed by atoms with van der Waals surface area (Å²) >= 11 is 6.08. The zero-order chi connectivity index (χ0) is 16.6. The summed E-state index contributed by atoms with van der Waals surface area (Å²) in [4.78, 5) is 13.5. The van der Waals surface area contributed by atoms with Crippen molar-refractivity contribution < 1.29 is 21.2 Å². The Kier molecular flexibility index (Phi) is 4.73. The molecule has 3 aromatic rings. The van der Waals surface area contributed by atoms with Crippen molar-refractivity contribution in [2.75, 3.05) is 16.9 Å². The second-order valence-electron chi connectivity index (χ2n) is 5.45. The minimum absolute atomic E-state index is 0.0543. The molecule has 0 aliphatic carbocycles. The van der Waals surface area contributed by atoms with E-state index in [0.717, 1.165) is 27.4 Å². The van der Waals surface area contributed by atoms with Crippen molar-refractivity contribution in [2.45, 2.75) is 13.8 Å². The first-order chi connectivity index (χ1) is 11.0. The Morgan fingerprint density at radius 3 is 2.61 bits per heavy atom. The molecule has 1 aromatic heterocycles. The average molecular weight is 439 g/mol. The Morgan fingerprint density at radius 1 is 1.13 bits per heavy atom. The zero-order valence-electron chi connectivity index (χ0n) is 13.6. The summed E-state index contributed by atoms with van der Waals surface area (Å²) in [6.45, 7) is 4.35. The van der Waals surface area contributed by atoms with E-state index in [0.29, 0.717) is 0 Å². The van der Waals surface area contributed by atoms with Gasteiger partial charge in [-0.1, -0.05) is 0 Å². The van der Waals surface area contributed by atoms with Gasteiger partial charge in [0.2, 0.25) is 0 Å². The Labute approximate surface area is 152 Å². The third-order valence-electron chi connectivity index (χ3n) is 4.05. The fourth-order valence-corrected chi connectivity index (χ4v) is 5.03. The monoisotopic (exact) mass is 438 g/mol. The van der Waals surface area contributed by atoms with Gasteiger partial charge >= 0.3 is 152 Å². The fraction of sp³-hybridized carbons (Fsp3) is 0.222. The van der Waals surface area contributed by atoms with Crippen LogP contribution in [-0.4, -0.2) is 21.9 Å². The normalized spacial score (nSPS) is 11.2. The van der Waals surface area contributed by atoms with Crippen LogP contribution in [0.1, 0.15) is 11.1 Å². The quantitative estimate of drug-likeness (QED) is 0.459. The van der Waals surface area contributed by atoms with Crippen LogP contribution in [0.4, 0.5) is 11.5 Å². The van der Waals surface area contributed by atoms with Crippen LogP contribution in [0.25, 0.3) is 10.9 Å². The molecule has 0 aliphatic rings. The molecule has 0 saturated heterocycles. The molecule has 0 N–H and O–H groups in total. The predicted octanol–water partition coefficient (Wildman–Crippen LogP) is 1.56. The maximum absolute atomic E-state index is 6.13. The van der Waals surface area contributed by atoms with Gasteiger partial charge in [0, 0.05) is 0 Å². The maximum atomic E-state index is 6.13. The molecule has 3 rings (SSSR count). The molecular weight excluding hydrogens is 421 g/mol. The van der Waals surface area contributed by atoms with Crippen LogP contribution in [0.15, 0.2) is 36.7 Å². The van der Waals surface area contributed by atoms with Gasteiger partial charge in [-0.2, -0.15) is 0 Å². The molecular formula is C18H18ClIN3-. The second kappa shape index (κ2) is 6.61. The molecule has 0 fully saturated rings. The van der Waals surface area contributed by atoms with E-state index < -0.39 is 0 Å². The predicted molar refractivity (Wildman–Crippen MR) is 93.1 cm³/mol. The first-order valence-corrected chi connectivity index (χ1v) is 10.9. The summed E-state index contributed by atoms with van der Waals surface area (Å²) < 4.78 is 1.40. The number of halogens is 2. The standard InChI is InChI=1S/C18H18ClIN3/c1-11-8-15-17(16(20-3)12(11)2)21-10-22-18(15)23(4)14-7-5-6-13(19)9-14/h5-10H,1-4H3/q-1. The number of fused-ring (bicyclic) bond motifs is 1. The SMILES string of the molecule is C[I-]c1c(C)c(C)cc2c(N(C)c3cccc(Cl)c3)ncnc12. The van der Waals surface area contributed by atoms with E-state index in [1.165, 1.54) is 14.7 Å². The van der Waals surface area contributed by atoms with E-state index in [9.17, 15) is 0 Å². The van der Waals surface area contributed by atoms with Crippen molar-refractivity contribution in [1.29, 1.82) is 0 Å². The summed E-state index contributed by atoms with van der Waals surface area (Å²) in [7, 11) is 2.02. The van der Waals surface area contributed by atoms with E-state index in [4.69, 9.17) is 11.6 Å². The van der Waals surface area contributed by atoms with Crippen molar-refractivity contribution in [2.24, 2.45) is 0 Å². The molecule has 0 aliphatic heterocycles. The van der Waals surface area contributed by atoms with Crippen LogP contribution >= 0.6 is 11.6 Å². The molecule has 0 spiro atoms. The average Bonchev–Trinajstić information content (AvgIpc) is 2.55. The molecule has 0 saturated carbocycles. The van der Waals surface area contributed by atoms with E-state index in [1.54, 1.807) is 6.33 Å². The zero-order valence-corrected chi connectivity index (χ0v) is 16.5. The molecule has 23 heavy (non-hydrogen) atoms. The van der Waals surface area contributed by atoms with Crippen LogP contribution in [0, 0.1) is 17.4 Å². The topological polar surface area (TPSA) is 29.0 Å². The molecule has 0 bridgehead atoms. The Bertz CT molecular complexity index is 880. The molecule has 3 nitrogen and oxygen atoms in total.